The van der Waals surface area contributed by atoms with Crippen molar-refractivity contribution < 1.29 is 23.7 Å². The van der Waals surface area contributed by atoms with E-state index < -0.39 is 0 Å². The van der Waals surface area contributed by atoms with Crippen molar-refractivity contribution >= 4 is 23.5 Å². The molecule has 0 fully saturated rings. The van der Waals surface area contributed by atoms with Gasteiger partial charge in [-0.2, -0.15) is 0 Å². The van der Waals surface area contributed by atoms with Crippen molar-refractivity contribution in [2.75, 3.05) is 14.2 Å². The Bertz CT molecular complexity index is 1170. The standard InChI is InChI=1S/C25H21ClO5/c1-15-11-19(30-14-16-7-9-18(26)10-8-16)13-21-23(15)24(27)22(31-21)12-17-5-4-6-20(28-2)25(17)29-3/h4-13H,14H2,1-3H3/b22-12-. The normalized spacial score (nSPS) is 13.7. The number of para-hydroxylation sites is 1. The van der Waals surface area contributed by atoms with Crippen molar-refractivity contribution in [1.82, 2.24) is 0 Å². The molecule has 5 nitrogen and oxygen atoms in total. The summed E-state index contributed by atoms with van der Waals surface area (Å²) in [6.45, 7) is 2.25. The molecule has 0 saturated heterocycles. The van der Waals surface area contributed by atoms with E-state index in [1.54, 1.807) is 32.4 Å². The highest BCUT2D eigenvalue weighted by atomic mass is 35.5. The van der Waals surface area contributed by atoms with E-state index in [2.05, 4.69) is 0 Å². The second-order valence-corrected chi connectivity index (χ2v) is 7.49. The second-order valence-electron chi connectivity index (χ2n) is 7.05. The van der Waals surface area contributed by atoms with E-state index in [0.717, 1.165) is 11.1 Å². The van der Waals surface area contributed by atoms with Crippen molar-refractivity contribution in [2.45, 2.75) is 13.5 Å². The lowest BCUT2D eigenvalue weighted by Crippen LogP contribution is -2.01. The smallest absolute Gasteiger partial charge is 0.232 e. The van der Waals surface area contributed by atoms with Gasteiger partial charge in [0, 0.05) is 16.7 Å². The van der Waals surface area contributed by atoms with Crippen LogP contribution in [0.2, 0.25) is 5.02 Å². The predicted octanol–water partition coefficient (Wildman–Crippen LogP) is 5.86. The number of carbonyl (C=O) groups excluding carboxylic acids is 1. The van der Waals surface area contributed by atoms with E-state index in [1.165, 1.54) is 0 Å². The number of hydrogen-bond donors (Lipinski definition) is 0. The minimum absolute atomic E-state index is 0.179. The van der Waals surface area contributed by atoms with Crippen LogP contribution in [0.15, 0.2) is 60.4 Å². The minimum Gasteiger partial charge on any atom is -0.493 e. The molecule has 0 spiro atoms. The molecule has 0 aliphatic carbocycles. The summed E-state index contributed by atoms with van der Waals surface area (Å²) in [5.41, 5.74) is 3.00. The van der Waals surface area contributed by atoms with Gasteiger partial charge >= 0.3 is 0 Å². The fourth-order valence-electron chi connectivity index (χ4n) is 3.47. The maximum absolute atomic E-state index is 13.0. The van der Waals surface area contributed by atoms with Gasteiger partial charge in [0.25, 0.3) is 0 Å². The van der Waals surface area contributed by atoms with Gasteiger partial charge in [-0.25, -0.2) is 0 Å². The third kappa shape index (κ3) is 4.23. The van der Waals surface area contributed by atoms with Gasteiger partial charge < -0.3 is 18.9 Å². The Morgan fingerprint density at radius 2 is 1.81 bits per heavy atom. The van der Waals surface area contributed by atoms with Crippen LogP contribution in [0.5, 0.6) is 23.0 Å². The van der Waals surface area contributed by atoms with E-state index in [-0.39, 0.29) is 11.5 Å². The van der Waals surface area contributed by atoms with E-state index in [4.69, 9.17) is 30.5 Å². The molecule has 0 amide bonds. The maximum Gasteiger partial charge on any atom is 0.232 e. The van der Waals surface area contributed by atoms with E-state index in [9.17, 15) is 4.79 Å². The number of aryl methyl sites for hydroxylation is 1. The molecule has 0 aromatic heterocycles. The van der Waals surface area contributed by atoms with Gasteiger partial charge in [0.2, 0.25) is 5.78 Å². The van der Waals surface area contributed by atoms with Crippen molar-refractivity contribution in [3.05, 3.63) is 87.6 Å². The summed E-state index contributed by atoms with van der Waals surface area (Å²) in [5, 5.41) is 0.677. The number of rotatable bonds is 6. The van der Waals surface area contributed by atoms with Crippen LogP contribution in [0.3, 0.4) is 0 Å². The number of methoxy groups -OCH3 is 2. The summed E-state index contributed by atoms with van der Waals surface area (Å²) in [5.74, 6) is 2.26. The van der Waals surface area contributed by atoms with Crippen LogP contribution in [-0.4, -0.2) is 20.0 Å². The van der Waals surface area contributed by atoms with Crippen molar-refractivity contribution in [3.8, 4) is 23.0 Å². The average molecular weight is 437 g/mol. The first-order valence-electron chi connectivity index (χ1n) is 9.67. The van der Waals surface area contributed by atoms with Crippen LogP contribution in [-0.2, 0) is 6.61 Å². The van der Waals surface area contributed by atoms with Gasteiger partial charge in [0.15, 0.2) is 17.3 Å². The fourth-order valence-corrected chi connectivity index (χ4v) is 3.60. The molecule has 0 unspecified atom stereocenters. The summed E-state index contributed by atoms with van der Waals surface area (Å²) in [6, 6.07) is 16.5. The molecule has 3 aromatic rings. The zero-order valence-electron chi connectivity index (χ0n) is 17.4. The van der Waals surface area contributed by atoms with Crippen molar-refractivity contribution in [1.29, 1.82) is 0 Å². The Labute approximate surface area is 185 Å². The number of ketones is 1. The quantitative estimate of drug-likeness (QED) is 0.453. The van der Waals surface area contributed by atoms with E-state index in [0.29, 0.717) is 45.8 Å². The summed E-state index contributed by atoms with van der Waals surface area (Å²) >= 11 is 5.93. The highest BCUT2D eigenvalue weighted by Crippen LogP contribution is 2.39. The zero-order chi connectivity index (χ0) is 22.0. The van der Waals surface area contributed by atoms with Crippen LogP contribution in [0.1, 0.15) is 27.0 Å². The van der Waals surface area contributed by atoms with Crippen LogP contribution in [0.25, 0.3) is 6.08 Å². The number of ether oxygens (including phenoxy) is 4. The van der Waals surface area contributed by atoms with Crippen molar-refractivity contribution in [2.24, 2.45) is 0 Å². The molecule has 0 atom stereocenters. The van der Waals surface area contributed by atoms with Gasteiger partial charge in [0.1, 0.15) is 18.1 Å². The van der Waals surface area contributed by atoms with Gasteiger partial charge in [0.05, 0.1) is 19.8 Å². The molecule has 0 bridgehead atoms. The lowest BCUT2D eigenvalue weighted by Gasteiger charge is -2.10. The first-order chi connectivity index (χ1) is 15.0. The topological polar surface area (TPSA) is 54.0 Å². The van der Waals surface area contributed by atoms with Crippen LogP contribution >= 0.6 is 11.6 Å². The number of hydrogen-bond acceptors (Lipinski definition) is 5. The Balaban J connectivity index is 1.59. The molecule has 1 aliphatic heterocycles. The molecule has 0 saturated carbocycles. The maximum atomic E-state index is 13.0. The molecule has 0 N–H and O–H groups in total. The minimum atomic E-state index is -0.179. The number of fused-ring (bicyclic) bond motifs is 1. The van der Waals surface area contributed by atoms with Gasteiger partial charge in [-0.3, -0.25) is 4.79 Å². The summed E-state index contributed by atoms with van der Waals surface area (Å²) in [7, 11) is 3.12. The number of Topliss-reactive ketones (excluding diaryl/α,β-unsaturated/α-hetero) is 1. The Morgan fingerprint density at radius 3 is 2.52 bits per heavy atom. The molecule has 0 radical (unpaired) electrons. The molecule has 3 aromatic carbocycles. The monoisotopic (exact) mass is 436 g/mol. The number of carbonyl (C=O) groups is 1. The third-order valence-electron chi connectivity index (χ3n) is 4.98. The molecule has 1 aliphatic rings. The second kappa shape index (κ2) is 8.74. The van der Waals surface area contributed by atoms with Gasteiger partial charge in [-0.05, 0) is 48.4 Å². The first kappa shape index (κ1) is 20.8. The molecule has 1 heterocycles. The third-order valence-corrected chi connectivity index (χ3v) is 5.23. The Hall–Kier alpha value is -3.44. The number of benzene rings is 3. The highest BCUT2D eigenvalue weighted by Gasteiger charge is 2.30. The highest BCUT2D eigenvalue weighted by molar-refractivity contribution is 6.30. The van der Waals surface area contributed by atoms with Crippen LogP contribution in [0.4, 0.5) is 0 Å². The molecular weight excluding hydrogens is 416 g/mol. The number of allylic oxidation sites excluding steroid dienone is 1. The van der Waals surface area contributed by atoms with Crippen LogP contribution in [0, 0.1) is 6.92 Å². The molecule has 6 heteroatoms. The fraction of sp³-hybridized carbons (Fsp3) is 0.160. The zero-order valence-corrected chi connectivity index (χ0v) is 18.2. The van der Waals surface area contributed by atoms with Gasteiger partial charge in [-0.15, -0.1) is 0 Å². The Morgan fingerprint density at radius 1 is 1.03 bits per heavy atom. The largest absolute Gasteiger partial charge is 0.493 e. The molecule has 4 rings (SSSR count). The Kier molecular flexibility index (Phi) is 5.87. The average Bonchev–Trinajstić information content (AvgIpc) is 3.08. The van der Waals surface area contributed by atoms with Gasteiger partial charge in [-0.1, -0.05) is 35.9 Å². The lowest BCUT2D eigenvalue weighted by molar-refractivity contribution is 0.101. The SMILES string of the molecule is COc1cccc(/C=C2\Oc3cc(OCc4ccc(Cl)cc4)cc(C)c3C2=O)c1OC. The van der Waals surface area contributed by atoms with Crippen LogP contribution < -0.4 is 18.9 Å². The van der Waals surface area contributed by atoms with E-state index in [1.807, 2.05) is 49.4 Å². The molecule has 158 valence electrons. The summed E-state index contributed by atoms with van der Waals surface area (Å²) in [4.78, 5) is 13.0. The number of halogens is 1. The molecular formula is C25H21ClO5. The lowest BCUT2D eigenvalue weighted by atomic mass is 10.0. The van der Waals surface area contributed by atoms with Crippen molar-refractivity contribution in [3.63, 3.8) is 0 Å². The summed E-state index contributed by atoms with van der Waals surface area (Å²) < 4.78 is 22.6. The predicted molar refractivity (Wildman–Crippen MR) is 119 cm³/mol. The first-order valence-corrected chi connectivity index (χ1v) is 10.0. The summed E-state index contributed by atoms with van der Waals surface area (Å²) in [6.07, 6.45) is 1.66. The molecule has 31 heavy (non-hydrogen) atoms. The van der Waals surface area contributed by atoms with E-state index >= 15 is 0 Å².